The number of nitrogens with one attached hydrogen (secondary N) is 1. The molecule has 0 aliphatic carbocycles. The van der Waals surface area contributed by atoms with Gasteiger partial charge < -0.3 is 10.2 Å². The van der Waals surface area contributed by atoms with Gasteiger partial charge in [0.2, 0.25) is 0 Å². The number of fused-ring (bicyclic) bond motifs is 1. The summed E-state index contributed by atoms with van der Waals surface area (Å²) in [5.41, 5.74) is 1.90. The van der Waals surface area contributed by atoms with Crippen LogP contribution in [0.15, 0.2) is 42.7 Å². The van der Waals surface area contributed by atoms with Gasteiger partial charge in [0.1, 0.15) is 0 Å². The highest BCUT2D eigenvalue weighted by atomic mass is 35.5. The van der Waals surface area contributed by atoms with E-state index in [-0.39, 0.29) is 55.1 Å². The number of rotatable bonds is 3. The van der Waals surface area contributed by atoms with Crippen molar-refractivity contribution in [2.45, 2.75) is 19.5 Å². The number of hydrogen-bond acceptors (Lipinski definition) is 5. The maximum absolute atomic E-state index is 12.9. The summed E-state index contributed by atoms with van der Waals surface area (Å²) in [6.07, 6.45) is 3.25. The SMILES string of the molecule is C[C@H]1CNCCN1C(=O)c1ccc2c(c1)C(=O)N(Cc1ccncc1)C2=O.Cl.Cl. The molecule has 2 aliphatic heterocycles. The molecule has 1 atom stereocenters. The number of piperazine rings is 1. The largest absolute Gasteiger partial charge is 0.333 e. The van der Waals surface area contributed by atoms with Gasteiger partial charge in [0.25, 0.3) is 17.7 Å². The third-order valence-electron chi connectivity index (χ3n) is 5.07. The molecule has 1 N–H and O–H groups in total. The first-order chi connectivity index (χ1) is 13.1. The number of carbonyl (C=O) groups is 3. The van der Waals surface area contributed by atoms with E-state index in [9.17, 15) is 14.4 Å². The second kappa shape index (κ2) is 9.35. The zero-order valence-corrected chi connectivity index (χ0v) is 17.5. The van der Waals surface area contributed by atoms with Gasteiger partial charge in [-0.25, -0.2) is 0 Å². The Kier molecular flexibility index (Phi) is 7.35. The summed E-state index contributed by atoms with van der Waals surface area (Å²) < 4.78 is 0. The highest BCUT2D eigenvalue weighted by Gasteiger charge is 2.36. The molecule has 3 amide bonds. The molecular weight excluding hydrogens is 415 g/mol. The molecule has 7 nitrogen and oxygen atoms in total. The normalized spacial score (nSPS) is 18.0. The minimum atomic E-state index is -0.366. The van der Waals surface area contributed by atoms with Crippen molar-refractivity contribution in [3.8, 4) is 0 Å². The molecule has 1 saturated heterocycles. The maximum Gasteiger partial charge on any atom is 0.261 e. The molecule has 0 saturated carbocycles. The summed E-state index contributed by atoms with van der Waals surface area (Å²) in [7, 11) is 0. The van der Waals surface area contributed by atoms with Gasteiger partial charge in [-0.05, 0) is 42.8 Å². The Morgan fingerprint density at radius 3 is 2.48 bits per heavy atom. The van der Waals surface area contributed by atoms with E-state index in [0.717, 1.165) is 18.7 Å². The van der Waals surface area contributed by atoms with Crippen molar-refractivity contribution in [1.82, 2.24) is 20.1 Å². The third kappa shape index (κ3) is 4.27. The van der Waals surface area contributed by atoms with Crippen molar-refractivity contribution in [2.24, 2.45) is 0 Å². The molecule has 1 aromatic heterocycles. The van der Waals surface area contributed by atoms with E-state index in [1.165, 1.54) is 4.90 Å². The Bertz CT molecular complexity index is 923. The Morgan fingerprint density at radius 1 is 1.10 bits per heavy atom. The fourth-order valence-electron chi connectivity index (χ4n) is 3.55. The van der Waals surface area contributed by atoms with Crippen LogP contribution in [-0.4, -0.2) is 58.2 Å². The molecule has 2 aromatic rings. The van der Waals surface area contributed by atoms with Crippen LogP contribution >= 0.6 is 24.8 Å². The lowest BCUT2D eigenvalue weighted by molar-refractivity contribution is 0.0639. The highest BCUT2D eigenvalue weighted by molar-refractivity contribution is 6.22. The number of nitrogens with zero attached hydrogens (tertiary/aromatic N) is 3. The number of pyridine rings is 1. The fourth-order valence-corrected chi connectivity index (χ4v) is 3.55. The number of carbonyl (C=O) groups excluding carboxylic acids is 3. The van der Waals surface area contributed by atoms with Crippen molar-refractivity contribution < 1.29 is 14.4 Å². The number of hydrogen-bond donors (Lipinski definition) is 1. The van der Waals surface area contributed by atoms with Gasteiger partial charge in [0, 0.05) is 43.6 Å². The Morgan fingerprint density at radius 2 is 1.79 bits per heavy atom. The highest BCUT2D eigenvalue weighted by Crippen LogP contribution is 2.26. The second-order valence-corrected chi connectivity index (χ2v) is 6.86. The molecule has 0 unspecified atom stereocenters. The molecule has 1 aromatic carbocycles. The molecule has 2 aliphatic rings. The van der Waals surface area contributed by atoms with Crippen LogP contribution in [0.4, 0.5) is 0 Å². The minimum Gasteiger partial charge on any atom is -0.333 e. The van der Waals surface area contributed by atoms with E-state index in [2.05, 4.69) is 10.3 Å². The van der Waals surface area contributed by atoms with Crippen LogP contribution in [0, 0.1) is 0 Å². The lowest BCUT2D eigenvalue weighted by Crippen LogP contribution is -2.52. The molecule has 3 heterocycles. The Labute approximate surface area is 181 Å². The van der Waals surface area contributed by atoms with Gasteiger partial charge in [-0.1, -0.05) is 0 Å². The van der Waals surface area contributed by atoms with Crippen LogP contribution in [0.1, 0.15) is 43.6 Å². The summed E-state index contributed by atoms with van der Waals surface area (Å²) in [6, 6.07) is 8.40. The molecule has 0 radical (unpaired) electrons. The monoisotopic (exact) mass is 436 g/mol. The second-order valence-electron chi connectivity index (χ2n) is 6.86. The number of imide groups is 1. The molecule has 4 rings (SSSR count). The van der Waals surface area contributed by atoms with Crippen molar-refractivity contribution in [3.05, 3.63) is 65.0 Å². The van der Waals surface area contributed by atoms with Crippen molar-refractivity contribution in [2.75, 3.05) is 19.6 Å². The zero-order chi connectivity index (χ0) is 19.0. The van der Waals surface area contributed by atoms with Crippen LogP contribution in [0.3, 0.4) is 0 Å². The predicted octanol–water partition coefficient (Wildman–Crippen LogP) is 2.16. The molecule has 1 fully saturated rings. The van der Waals surface area contributed by atoms with Gasteiger partial charge in [-0.15, -0.1) is 24.8 Å². The molecule has 154 valence electrons. The molecule has 0 spiro atoms. The van der Waals surface area contributed by atoms with E-state index in [4.69, 9.17) is 0 Å². The van der Waals surface area contributed by atoms with Gasteiger partial charge in [-0.2, -0.15) is 0 Å². The van der Waals surface area contributed by atoms with Gasteiger partial charge >= 0.3 is 0 Å². The minimum absolute atomic E-state index is 0. The average molecular weight is 437 g/mol. The Balaban J connectivity index is 0.00000150. The van der Waals surface area contributed by atoms with Gasteiger partial charge in [-0.3, -0.25) is 24.3 Å². The molecule has 9 heteroatoms. The Hall–Kier alpha value is -2.48. The van der Waals surface area contributed by atoms with Crippen LogP contribution in [0.2, 0.25) is 0 Å². The standard InChI is InChI=1S/C20H20N4O3.2ClH/c1-13-11-22-8-9-23(13)18(25)15-2-3-16-17(10-15)20(27)24(19(16)26)12-14-4-6-21-7-5-14;;/h2-7,10,13,22H,8-9,11-12H2,1H3;2*1H/t13-;;/m0../s1. The number of halogens is 2. The van der Waals surface area contributed by atoms with Gasteiger partial charge in [0.15, 0.2) is 0 Å². The van der Waals surface area contributed by atoms with Crippen LogP contribution in [-0.2, 0) is 6.54 Å². The third-order valence-corrected chi connectivity index (χ3v) is 5.07. The number of amides is 3. The number of benzene rings is 1. The zero-order valence-electron chi connectivity index (χ0n) is 15.8. The van der Waals surface area contributed by atoms with Gasteiger partial charge in [0.05, 0.1) is 17.7 Å². The summed E-state index contributed by atoms with van der Waals surface area (Å²) in [5, 5.41) is 3.25. The molecule has 29 heavy (non-hydrogen) atoms. The maximum atomic E-state index is 12.9. The molecular formula is C20H22Cl2N4O3. The van der Waals surface area contributed by atoms with Crippen molar-refractivity contribution >= 4 is 42.5 Å². The summed E-state index contributed by atoms with van der Waals surface area (Å²) in [6.45, 7) is 4.29. The predicted molar refractivity (Wildman–Crippen MR) is 113 cm³/mol. The van der Waals surface area contributed by atoms with E-state index >= 15 is 0 Å². The van der Waals surface area contributed by atoms with Crippen LogP contribution in [0.25, 0.3) is 0 Å². The quantitative estimate of drug-likeness (QED) is 0.745. The van der Waals surface area contributed by atoms with Crippen LogP contribution in [0.5, 0.6) is 0 Å². The summed E-state index contributed by atoms with van der Waals surface area (Å²) in [5.74, 6) is -0.809. The first-order valence-corrected chi connectivity index (χ1v) is 8.97. The fraction of sp³-hybridized carbons (Fsp3) is 0.300. The average Bonchev–Trinajstić information content (AvgIpc) is 2.93. The smallest absolute Gasteiger partial charge is 0.261 e. The van der Waals surface area contributed by atoms with E-state index in [1.807, 2.05) is 6.92 Å². The number of aromatic nitrogens is 1. The van der Waals surface area contributed by atoms with E-state index in [0.29, 0.717) is 23.2 Å². The lowest BCUT2D eigenvalue weighted by Gasteiger charge is -2.34. The first kappa shape index (κ1) is 22.8. The molecule has 0 bridgehead atoms. The van der Waals surface area contributed by atoms with Crippen LogP contribution < -0.4 is 5.32 Å². The summed E-state index contributed by atoms with van der Waals surface area (Å²) in [4.78, 5) is 45.2. The lowest BCUT2D eigenvalue weighted by atomic mass is 10.0. The topological polar surface area (TPSA) is 82.6 Å². The van der Waals surface area contributed by atoms with Crippen molar-refractivity contribution in [1.29, 1.82) is 0 Å². The first-order valence-electron chi connectivity index (χ1n) is 8.97. The van der Waals surface area contributed by atoms with Crippen molar-refractivity contribution in [3.63, 3.8) is 0 Å². The summed E-state index contributed by atoms with van der Waals surface area (Å²) >= 11 is 0. The van der Waals surface area contributed by atoms with E-state index in [1.54, 1.807) is 47.6 Å². The van der Waals surface area contributed by atoms with E-state index < -0.39 is 0 Å².